The highest BCUT2D eigenvalue weighted by Crippen LogP contribution is 2.24. The van der Waals surface area contributed by atoms with Gasteiger partial charge in [0.05, 0.1) is 0 Å². The summed E-state index contributed by atoms with van der Waals surface area (Å²) < 4.78 is 11.2. The maximum atomic E-state index is 5.93. The first kappa shape index (κ1) is 17.9. The Morgan fingerprint density at radius 2 is 1.96 bits per heavy atom. The SMILES string of the molecule is C[C@H](NCc1ccc(OCC2=CC(C)(C)C=CC=C2)cc1)C1OC1N. The van der Waals surface area contributed by atoms with E-state index >= 15 is 0 Å². The Kier molecular flexibility index (Phi) is 5.42. The van der Waals surface area contributed by atoms with Crippen molar-refractivity contribution in [3.8, 4) is 5.75 Å². The number of allylic oxidation sites excluding steroid dienone is 4. The van der Waals surface area contributed by atoms with Gasteiger partial charge in [0.2, 0.25) is 0 Å². The molecule has 1 saturated heterocycles. The predicted octanol–water partition coefficient (Wildman–Crippen LogP) is 3.31. The van der Waals surface area contributed by atoms with Crippen molar-refractivity contribution >= 4 is 0 Å². The van der Waals surface area contributed by atoms with Gasteiger partial charge in [-0.2, -0.15) is 0 Å². The van der Waals surface area contributed by atoms with Gasteiger partial charge in [-0.1, -0.05) is 56.4 Å². The molecule has 1 fully saturated rings. The van der Waals surface area contributed by atoms with Crippen LogP contribution in [-0.2, 0) is 11.3 Å². The van der Waals surface area contributed by atoms with E-state index < -0.39 is 0 Å². The highest BCUT2D eigenvalue weighted by atomic mass is 16.6. The molecule has 3 N–H and O–H groups in total. The van der Waals surface area contributed by atoms with E-state index in [4.69, 9.17) is 15.2 Å². The van der Waals surface area contributed by atoms with Crippen LogP contribution >= 0.6 is 0 Å². The lowest BCUT2D eigenvalue weighted by Crippen LogP contribution is -2.32. The first-order valence-corrected chi connectivity index (χ1v) is 8.87. The molecular weight excluding hydrogens is 312 g/mol. The topological polar surface area (TPSA) is 59.8 Å². The monoisotopic (exact) mass is 340 g/mol. The van der Waals surface area contributed by atoms with Crippen LogP contribution in [0.15, 0.2) is 60.2 Å². The van der Waals surface area contributed by atoms with Crippen molar-refractivity contribution in [3.63, 3.8) is 0 Å². The first-order valence-electron chi connectivity index (χ1n) is 8.87. The zero-order valence-corrected chi connectivity index (χ0v) is 15.2. The van der Waals surface area contributed by atoms with Gasteiger partial charge < -0.3 is 20.5 Å². The summed E-state index contributed by atoms with van der Waals surface area (Å²) in [6.45, 7) is 7.85. The lowest BCUT2D eigenvalue weighted by atomic mass is 9.91. The van der Waals surface area contributed by atoms with Crippen molar-refractivity contribution in [2.45, 2.75) is 45.7 Å². The normalized spacial score (nSPS) is 25.2. The van der Waals surface area contributed by atoms with E-state index in [1.54, 1.807) is 0 Å². The van der Waals surface area contributed by atoms with Crippen LogP contribution in [0.3, 0.4) is 0 Å². The third-order valence-corrected chi connectivity index (χ3v) is 4.52. The molecule has 1 aliphatic heterocycles. The summed E-state index contributed by atoms with van der Waals surface area (Å²) in [4.78, 5) is 0. The van der Waals surface area contributed by atoms with E-state index in [1.807, 2.05) is 12.1 Å². The summed E-state index contributed by atoms with van der Waals surface area (Å²) in [5, 5.41) is 3.44. The molecule has 4 heteroatoms. The van der Waals surface area contributed by atoms with Crippen LogP contribution in [0.2, 0.25) is 0 Å². The van der Waals surface area contributed by atoms with Crippen molar-refractivity contribution in [1.82, 2.24) is 5.32 Å². The summed E-state index contributed by atoms with van der Waals surface area (Å²) in [5.41, 5.74) is 8.15. The molecule has 1 aliphatic carbocycles. The summed E-state index contributed by atoms with van der Waals surface area (Å²) in [6.07, 6.45) is 10.7. The van der Waals surface area contributed by atoms with Crippen LogP contribution in [0.1, 0.15) is 26.3 Å². The Morgan fingerprint density at radius 3 is 2.64 bits per heavy atom. The summed E-state index contributed by atoms with van der Waals surface area (Å²) in [6, 6.07) is 8.48. The minimum absolute atomic E-state index is 0.0578. The van der Waals surface area contributed by atoms with Crippen LogP contribution in [0.5, 0.6) is 5.75 Å². The van der Waals surface area contributed by atoms with E-state index in [2.05, 4.69) is 68.6 Å². The Labute approximate surface area is 150 Å². The van der Waals surface area contributed by atoms with Gasteiger partial charge in [0, 0.05) is 18.0 Å². The van der Waals surface area contributed by atoms with Gasteiger partial charge in [0.1, 0.15) is 24.7 Å². The lowest BCUT2D eigenvalue weighted by molar-refractivity contribution is 0.334. The van der Waals surface area contributed by atoms with Crippen molar-refractivity contribution < 1.29 is 9.47 Å². The minimum atomic E-state index is -0.106. The fourth-order valence-corrected chi connectivity index (χ4v) is 2.95. The van der Waals surface area contributed by atoms with Gasteiger partial charge in [0.15, 0.2) is 0 Å². The van der Waals surface area contributed by atoms with Crippen LogP contribution in [0.4, 0.5) is 0 Å². The largest absolute Gasteiger partial charge is 0.489 e. The lowest BCUT2D eigenvalue weighted by Gasteiger charge is -2.16. The third-order valence-electron chi connectivity index (χ3n) is 4.52. The molecule has 0 amide bonds. The first-order chi connectivity index (χ1) is 11.9. The molecule has 0 aromatic heterocycles. The van der Waals surface area contributed by atoms with Crippen molar-refractivity contribution in [2.75, 3.05) is 6.61 Å². The van der Waals surface area contributed by atoms with E-state index in [0.29, 0.717) is 6.61 Å². The fraction of sp³-hybridized carbons (Fsp3) is 0.429. The molecule has 2 aliphatic rings. The Morgan fingerprint density at radius 1 is 1.24 bits per heavy atom. The molecule has 1 aromatic rings. The minimum Gasteiger partial charge on any atom is -0.489 e. The molecule has 25 heavy (non-hydrogen) atoms. The maximum absolute atomic E-state index is 5.93. The fourth-order valence-electron chi connectivity index (χ4n) is 2.95. The number of benzene rings is 1. The molecule has 2 unspecified atom stereocenters. The molecule has 0 saturated carbocycles. The van der Waals surface area contributed by atoms with Gasteiger partial charge in [-0.3, -0.25) is 0 Å². The molecule has 4 nitrogen and oxygen atoms in total. The summed E-state index contributed by atoms with van der Waals surface area (Å²) >= 11 is 0. The Bertz CT molecular complexity index is 674. The molecule has 1 heterocycles. The van der Waals surface area contributed by atoms with E-state index in [0.717, 1.165) is 12.3 Å². The molecular formula is C21H28N2O2. The maximum Gasteiger partial charge on any atom is 0.134 e. The number of hydrogen-bond donors (Lipinski definition) is 2. The molecule has 134 valence electrons. The highest BCUT2D eigenvalue weighted by Gasteiger charge is 2.39. The number of nitrogens with one attached hydrogen (secondary N) is 1. The average molecular weight is 340 g/mol. The highest BCUT2D eigenvalue weighted by molar-refractivity contribution is 5.33. The molecule has 3 atom stereocenters. The second-order valence-corrected chi connectivity index (χ2v) is 7.43. The molecule has 0 radical (unpaired) electrons. The van der Waals surface area contributed by atoms with Gasteiger partial charge >= 0.3 is 0 Å². The summed E-state index contributed by atoms with van der Waals surface area (Å²) in [7, 11) is 0. The molecule has 3 rings (SSSR count). The van der Waals surface area contributed by atoms with E-state index in [-0.39, 0.29) is 23.8 Å². The van der Waals surface area contributed by atoms with Crippen LogP contribution in [0.25, 0.3) is 0 Å². The van der Waals surface area contributed by atoms with Gasteiger partial charge in [-0.05, 0) is 30.2 Å². The molecule has 1 aromatic carbocycles. The molecule has 0 bridgehead atoms. The molecule has 0 spiro atoms. The summed E-state index contributed by atoms with van der Waals surface area (Å²) in [5.74, 6) is 0.883. The zero-order valence-electron chi connectivity index (χ0n) is 15.2. The van der Waals surface area contributed by atoms with E-state index in [9.17, 15) is 0 Å². The van der Waals surface area contributed by atoms with Gasteiger partial charge in [-0.25, -0.2) is 0 Å². The number of ether oxygens (including phenoxy) is 2. The number of rotatable bonds is 7. The van der Waals surface area contributed by atoms with Crippen LogP contribution in [0, 0.1) is 5.41 Å². The van der Waals surface area contributed by atoms with E-state index in [1.165, 1.54) is 11.1 Å². The van der Waals surface area contributed by atoms with Crippen molar-refractivity contribution in [1.29, 1.82) is 0 Å². The number of hydrogen-bond acceptors (Lipinski definition) is 4. The smallest absolute Gasteiger partial charge is 0.134 e. The average Bonchev–Trinajstić information content (AvgIpc) is 3.34. The predicted molar refractivity (Wildman–Crippen MR) is 101 cm³/mol. The standard InChI is InChI=1S/C21H28N2O2/c1-15(19-20(22)25-19)23-13-16-7-9-18(10-8-16)24-14-17-6-4-5-11-21(2,3)12-17/h4-12,15,19-20,23H,13-14,22H2,1-3H3/t15-,19?,20?/m0/s1. The number of epoxide rings is 1. The van der Waals surface area contributed by atoms with Crippen LogP contribution in [-0.4, -0.2) is 25.0 Å². The zero-order chi connectivity index (χ0) is 17.9. The van der Waals surface area contributed by atoms with Gasteiger partial charge in [-0.15, -0.1) is 0 Å². The Hall–Kier alpha value is -1.88. The van der Waals surface area contributed by atoms with Crippen molar-refractivity contribution in [2.24, 2.45) is 11.1 Å². The third kappa shape index (κ3) is 5.30. The van der Waals surface area contributed by atoms with Crippen molar-refractivity contribution in [3.05, 3.63) is 65.8 Å². The number of nitrogens with two attached hydrogens (primary N) is 1. The second kappa shape index (κ2) is 7.56. The van der Waals surface area contributed by atoms with Crippen LogP contribution < -0.4 is 15.8 Å². The van der Waals surface area contributed by atoms with Gasteiger partial charge in [0.25, 0.3) is 0 Å². The quantitative estimate of drug-likeness (QED) is 0.748. The Balaban J connectivity index is 1.48. The second-order valence-electron chi connectivity index (χ2n) is 7.43.